The molecule has 0 amide bonds. The van der Waals surface area contributed by atoms with Crippen molar-refractivity contribution in [3.8, 4) is 0 Å². The van der Waals surface area contributed by atoms with Crippen LogP contribution in [0.4, 0.5) is 0 Å². The quantitative estimate of drug-likeness (QED) is 0.668. The fraction of sp³-hybridized carbons (Fsp3) is 0.111. The maximum Gasteiger partial charge on any atom is 0.0980 e. The zero-order valence-corrected chi connectivity index (χ0v) is 10.1. The summed E-state index contributed by atoms with van der Waals surface area (Å²) in [5, 5.41) is 0.612. The van der Waals surface area contributed by atoms with Crippen LogP contribution < -0.4 is 0 Å². The molecule has 0 unspecified atom stereocenters. The van der Waals surface area contributed by atoms with Gasteiger partial charge in [-0.05, 0) is 35.1 Å². The summed E-state index contributed by atoms with van der Waals surface area (Å²) < 4.78 is 0.597. The van der Waals surface area contributed by atoms with Gasteiger partial charge in [-0.1, -0.05) is 53.0 Å². The van der Waals surface area contributed by atoms with Crippen LogP contribution >= 0.6 is 45.8 Å². The first kappa shape index (κ1) is 10.4. The third-order valence-corrected chi connectivity index (χ3v) is 2.99. The minimum Gasteiger partial charge on any atom is -0.0815 e. The van der Waals surface area contributed by atoms with Crippen LogP contribution in [0.25, 0.3) is 5.03 Å². The first-order chi connectivity index (χ1) is 5.61. The number of rotatable bonds is 1. The summed E-state index contributed by atoms with van der Waals surface area (Å²) in [6, 6.07) is 7.93. The van der Waals surface area contributed by atoms with Crippen LogP contribution in [0.5, 0.6) is 0 Å². The predicted octanol–water partition coefficient (Wildman–Crippen LogP) is 4.53. The second kappa shape index (κ2) is 4.49. The molecule has 12 heavy (non-hydrogen) atoms. The second-order valence-electron chi connectivity index (χ2n) is 2.44. The molecule has 0 nitrogen and oxygen atoms in total. The first-order valence-corrected chi connectivity index (χ1v) is 5.22. The Bertz CT molecular complexity index is 314. The smallest absolute Gasteiger partial charge is 0.0815 e. The van der Waals surface area contributed by atoms with Crippen LogP contribution in [0.15, 0.2) is 27.3 Å². The van der Waals surface area contributed by atoms with Crippen LogP contribution in [0.1, 0.15) is 11.1 Å². The van der Waals surface area contributed by atoms with Gasteiger partial charge in [0.05, 0.1) is 8.07 Å². The lowest BCUT2D eigenvalue weighted by atomic mass is 10.1. The van der Waals surface area contributed by atoms with Crippen LogP contribution in [0.2, 0.25) is 0 Å². The van der Waals surface area contributed by atoms with E-state index in [-0.39, 0.29) is 0 Å². The molecule has 0 aliphatic rings. The summed E-state index contributed by atoms with van der Waals surface area (Å²) in [5.41, 5.74) is 2.15. The van der Waals surface area contributed by atoms with Crippen molar-refractivity contribution in [2.45, 2.75) is 6.92 Å². The lowest BCUT2D eigenvalue weighted by Gasteiger charge is -2.00. The molecule has 0 N–H and O–H groups in total. The van der Waals surface area contributed by atoms with Crippen LogP contribution in [0.3, 0.4) is 0 Å². The zero-order valence-electron chi connectivity index (χ0n) is 6.44. The number of benzene rings is 1. The van der Waals surface area contributed by atoms with Gasteiger partial charge in [-0.15, -0.1) is 0 Å². The first-order valence-electron chi connectivity index (χ1n) is 3.39. The standard InChI is InChI=1S/C9H7Cl2I/c1-6-3-2-4-7(5-6)8(10)9(11)12/h2-5H,1H3/b9-8+. The van der Waals surface area contributed by atoms with Gasteiger partial charge in [0, 0.05) is 0 Å². The number of halogens is 3. The van der Waals surface area contributed by atoms with Gasteiger partial charge in [-0.2, -0.15) is 0 Å². The highest BCUT2D eigenvalue weighted by molar-refractivity contribution is 14.1. The molecule has 0 aliphatic carbocycles. The van der Waals surface area contributed by atoms with E-state index in [1.54, 1.807) is 0 Å². The highest BCUT2D eigenvalue weighted by Gasteiger charge is 2.01. The van der Waals surface area contributed by atoms with Gasteiger partial charge in [0.25, 0.3) is 0 Å². The van der Waals surface area contributed by atoms with Crippen molar-refractivity contribution in [1.82, 2.24) is 0 Å². The van der Waals surface area contributed by atoms with Crippen molar-refractivity contribution in [3.05, 3.63) is 38.4 Å². The third kappa shape index (κ3) is 2.64. The Hall–Kier alpha value is 0.270. The predicted molar refractivity (Wildman–Crippen MR) is 63.8 cm³/mol. The fourth-order valence-electron chi connectivity index (χ4n) is 0.891. The number of hydrogen-bond acceptors (Lipinski definition) is 0. The molecule has 0 atom stereocenters. The molecule has 0 saturated carbocycles. The Morgan fingerprint density at radius 3 is 2.50 bits per heavy atom. The normalized spacial score (nSPS) is 12.7. The summed E-state index contributed by atoms with van der Waals surface area (Å²) in [7, 11) is 0. The van der Waals surface area contributed by atoms with E-state index < -0.39 is 0 Å². The summed E-state index contributed by atoms with van der Waals surface area (Å²) in [5.74, 6) is 0. The molecular weight excluding hydrogens is 306 g/mol. The Morgan fingerprint density at radius 1 is 1.33 bits per heavy atom. The molecule has 0 aromatic heterocycles. The van der Waals surface area contributed by atoms with E-state index in [2.05, 4.69) is 0 Å². The van der Waals surface area contributed by atoms with Crippen molar-refractivity contribution < 1.29 is 0 Å². The minimum absolute atomic E-state index is 0.597. The highest BCUT2D eigenvalue weighted by Crippen LogP contribution is 2.29. The van der Waals surface area contributed by atoms with Gasteiger partial charge >= 0.3 is 0 Å². The fourth-order valence-corrected chi connectivity index (χ4v) is 1.43. The monoisotopic (exact) mass is 312 g/mol. The maximum absolute atomic E-state index is 5.95. The largest absolute Gasteiger partial charge is 0.0980 e. The van der Waals surface area contributed by atoms with Gasteiger partial charge in [0.15, 0.2) is 0 Å². The van der Waals surface area contributed by atoms with E-state index in [0.29, 0.717) is 8.07 Å². The van der Waals surface area contributed by atoms with Crippen LogP contribution in [-0.4, -0.2) is 0 Å². The van der Waals surface area contributed by atoms with Gasteiger partial charge in [-0.25, -0.2) is 0 Å². The molecular formula is C9H7Cl2I. The van der Waals surface area contributed by atoms with E-state index in [4.69, 9.17) is 23.2 Å². The summed E-state index contributed by atoms with van der Waals surface area (Å²) >= 11 is 13.7. The molecule has 1 rings (SSSR count). The topological polar surface area (TPSA) is 0 Å². The average Bonchev–Trinajstić information content (AvgIpc) is 2.03. The molecule has 0 aliphatic heterocycles. The lowest BCUT2D eigenvalue weighted by Crippen LogP contribution is -1.78. The van der Waals surface area contributed by atoms with Crippen LogP contribution in [0, 0.1) is 6.92 Å². The molecule has 0 radical (unpaired) electrons. The third-order valence-electron chi connectivity index (χ3n) is 1.44. The number of aryl methyl sites for hydroxylation is 1. The van der Waals surface area contributed by atoms with Crippen molar-refractivity contribution in [2.75, 3.05) is 0 Å². The summed E-state index contributed by atoms with van der Waals surface area (Å²) in [6.45, 7) is 2.02. The van der Waals surface area contributed by atoms with Crippen molar-refractivity contribution in [2.24, 2.45) is 0 Å². The van der Waals surface area contributed by atoms with Gasteiger partial charge in [0.2, 0.25) is 0 Å². The zero-order chi connectivity index (χ0) is 9.14. The van der Waals surface area contributed by atoms with E-state index in [9.17, 15) is 0 Å². The molecule has 0 spiro atoms. The minimum atomic E-state index is 0.597. The van der Waals surface area contributed by atoms with E-state index in [0.717, 1.165) is 5.56 Å². The highest BCUT2D eigenvalue weighted by atomic mass is 127. The SMILES string of the molecule is Cc1cccc(/C(Cl)=C(/Cl)I)c1. The van der Waals surface area contributed by atoms with E-state index in [1.165, 1.54) is 5.56 Å². The maximum atomic E-state index is 5.95. The molecule has 1 aromatic carbocycles. The molecule has 0 bridgehead atoms. The molecule has 0 saturated heterocycles. The van der Waals surface area contributed by atoms with E-state index in [1.807, 2.05) is 53.8 Å². The lowest BCUT2D eigenvalue weighted by molar-refractivity contribution is 1.46. The summed E-state index contributed by atoms with van der Waals surface area (Å²) in [4.78, 5) is 0. The van der Waals surface area contributed by atoms with Crippen molar-refractivity contribution in [3.63, 3.8) is 0 Å². The molecule has 3 heteroatoms. The van der Waals surface area contributed by atoms with Gasteiger partial charge < -0.3 is 0 Å². The Kier molecular flexibility index (Phi) is 3.87. The second-order valence-corrected chi connectivity index (χ2v) is 4.92. The molecule has 64 valence electrons. The number of hydrogen-bond donors (Lipinski definition) is 0. The average molecular weight is 313 g/mol. The molecule has 0 fully saturated rings. The van der Waals surface area contributed by atoms with Gasteiger partial charge in [0.1, 0.15) is 0 Å². The summed E-state index contributed by atoms with van der Waals surface area (Å²) in [6.07, 6.45) is 0. The van der Waals surface area contributed by atoms with Crippen molar-refractivity contribution >= 4 is 50.8 Å². The van der Waals surface area contributed by atoms with Crippen LogP contribution in [-0.2, 0) is 0 Å². The molecule has 0 heterocycles. The molecule has 1 aromatic rings. The Labute approximate surface area is 95.7 Å². The van der Waals surface area contributed by atoms with E-state index >= 15 is 0 Å². The van der Waals surface area contributed by atoms with Gasteiger partial charge in [-0.3, -0.25) is 0 Å². The van der Waals surface area contributed by atoms with Crippen molar-refractivity contribution in [1.29, 1.82) is 0 Å². The Balaban J connectivity index is 3.13. The Morgan fingerprint density at radius 2 is 2.00 bits per heavy atom.